The van der Waals surface area contributed by atoms with Gasteiger partial charge < -0.3 is 50.8 Å². The van der Waals surface area contributed by atoms with Crippen LogP contribution in [0.25, 0.3) is 21.8 Å². The average molecular weight is 975 g/mol. The average Bonchev–Trinajstić information content (AvgIpc) is 3.77. The molecule has 1 saturated carbocycles. The smallest absolute Gasteiger partial charge is 1.00 e. The van der Waals surface area contributed by atoms with Crippen molar-refractivity contribution in [2.75, 3.05) is 75.9 Å². The monoisotopic (exact) mass is 974 g/mol. The molecule has 0 spiro atoms. The summed E-state index contributed by atoms with van der Waals surface area (Å²) in [6.45, 7) is 7.75. The molecule has 11 atom stereocenters. The first-order valence-corrected chi connectivity index (χ1v) is 23.6. The summed E-state index contributed by atoms with van der Waals surface area (Å²) in [5.41, 5.74) is 5.67. The maximum Gasteiger partial charge on any atom is 2.00 e. The van der Waals surface area contributed by atoms with Gasteiger partial charge in [0.25, 0.3) is 0 Å². The van der Waals surface area contributed by atoms with E-state index >= 15 is 0 Å². The van der Waals surface area contributed by atoms with Crippen LogP contribution in [0.15, 0.2) is 73.4 Å². The van der Waals surface area contributed by atoms with Crippen LogP contribution >= 0.6 is 0 Å². The third-order valence-corrected chi connectivity index (χ3v) is 15.6. The number of aliphatic hydroxyl groups is 1. The fourth-order valence-corrected chi connectivity index (χ4v) is 12.2. The molecule has 6 aliphatic rings. The van der Waals surface area contributed by atoms with Gasteiger partial charge in [0.1, 0.15) is 23.7 Å². The van der Waals surface area contributed by atoms with E-state index < -0.39 is 30.2 Å². The summed E-state index contributed by atoms with van der Waals surface area (Å²) in [6.07, 6.45) is 6.54. The number of hydrogen-bond acceptors (Lipinski definition) is 14. The van der Waals surface area contributed by atoms with Crippen LogP contribution in [0.5, 0.6) is 28.7 Å². The predicted molar refractivity (Wildman–Crippen MR) is 264 cm³/mol. The third kappa shape index (κ3) is 9.64. The van der Waals surface area contributed by atoms with Crippen LogP contribution < -0.4 is 23.7 Å². The molecule has 4 saturated heterocycles. The molecule has 11 rings (SSSR count). The third-order valence-electron chi connectivity index (χ3n) is 15.6. The van der Waals surface area contributed by atoms with Crippen molar-refractivity contribution >= 4 is 71.5 Å². The van der Waals surface area contributed by atoms with Gasteiger partial charge in [0.05, 0.1) is 71.8 Å². The number of aromatic nitrogens is 2. The zero-order valence-electron chi connectivity index (χ0n) is 42.8. The Hall–Kier alpha value is -4.61. The zero-order chi connectivity index (χ0) is 47.8. The number of aliphatic hydroxyl groups excluding tert-OH is 1. The molecule has 2 aromatic heterocycles. The Bertz CT molecular complexity index is 2650. The van der Waals surface area contributed by atoms with Crippen LogP contribution in [-0.4, -0.2) is 169 Å². The first kappa shape index (κ1) is 50.8. The molecule has 1 unspecified atom stereocenters. The molecule has 2 bridgehead atoms. The molecule has 0 amide bonds. The Kier molecular flexibility index (Phi) is 16.0. The number of nitrogens with zero attached hydrogens (tertiary/aromatic N) is 3. The second-order valence-electron chi connectivity index (χ2n) is 18.7. The fraction of sp³-hybridized carbons (Fsp3) is 0.491. The van der Waals surface area contributed by atoms with Gasteiger partial charge in [0.2, 0.25) is 5.75 Å². The Labute approximate surface area is 436 Å². The van der Waals surface area contributed by atoms with Gasteiger partial charge in [-0.15, -0.1) is 6.58 Å². The van der Waals surface area contributed by atoms with Gasteiger partial charge in [0.15, 0.2) is 11.5 Å². The van der Waals surface area contributed by atoms with Crippen LogP contribution in [0.4, 0.5) is 0 Å². The number of benzene rings is 3. The second-order valence-corrected chi connectivity index (χ2v) is 18.7. The molecule has 7 heterocycles. The van der Waals surface area contributed by atoms with Gasteiger partial charge in [-0.05, 0) is 122 Å². The van der Waals surface area contributed by atoms with Crippen LogP contribution in [0.1, 0.15) is 67.9 Å². The number of rotatable bonds is 12. The maximum absolute atomic E-state index is 13.5. The van der Waals surface area contributed by atoms with Crippen molar-refractivity contribution in [3.05, 3.63) is 95.8 Å². The van der Waals surface area contributed by atoms with E-state index in [4.69, 9.17) is 37.9 Å². The first-order valence-electron chi connectivity index (χ1n) is 23.6. The number of H-pyrrole nitrogens is 1. The number of carbonyl (C=O) groups excluding carboxylic acids is 2. The molecule has 1 aliphatic carbocycles. The van der Waals surface area contributed by atoms with Gasteiger partial charge >= 0.3 is 49.7 Å². The number of nitrogens with one attached hydrogen (secondary N) is 1. The molecule has 69 heavy (non-hydrogen) atoms. The van der Waals surface area contributed by atoms with E-state index in [1.165, 1.54) is 51.5 Å². The number of pyridine rings is 1. The molecular weight excluding hydrogens is 909 g/mol. The Morgan fingerprint density at radius 2 is 1.58 bits per heavy atom. The van der Waals surface area contributed by atoms with E-state index in [2.05, 4.69) is 38.5 Å². The van der Waals surface area contributed by atoms with Crippen molar-refractivity contribution < 1.29 is 55.4 Å². The number of ether oxygens (including phenoxy) is 8. The molecular formula is C53H66CaN4O11. The first-order chi connectivity index (χ1) is 33.1. The zero-order valence-corrected chi connectivity index (χ0v) is 43.0. The summed E-state index contributed by atoms with van der Waals surface area (Å²) < 4.78 is 44.5. The molecule has 5 aromatic rings. The number of carbonyl (C=O) groups is 2. The number of piperidine rings is 4. The van der Waals surface area contributed by atoms with E-state index in [0.29, 0.717) is 35.5 Å². The van der Waals surface area contributed by atoms with E-state index in [9.17, 15) is 14.7 Å². The van der Waals surface area contributed by atoms with E-state index in [-0.39, 0.29) is 76.0 Å². The number of aromatic amines is 1. The van der Waals surface area contributed by atoms with E-state index in [1.54, 1.807) is 39.7 Å². The van der Waals surface area contributed by atoms with Crippen LogP contribution in [0, 0.1) is 29.6 Å². The minimum atomic E-state index is -0.670. The largest absolute Gasteiger partial charge is 2.00 e. The van der Waals surface area contributed by atoms with E-state index in [1.807, 2.05) is 36.4 Å². The summed E-state index contributed by atoms with van der Waals surface area (Å²) in [6, 6.07) is 17.4. The summed E-state index contributed by atoms with van der Waals surface area (Å²) in [4.78, 5) is 40.0. The molecule has 366 valence electrons. The maximum atomic E-state index is 13.5. The fourth-order valence-electron chi connectivity index (χ4n) is 12.2. The number of esters is 2. The summed E-state index contributed by atoms with van der Waals surface area (Å²) in [5.74, 6) is 2.45. The van der Waals surface area contributed by atoms with Crippen molar-refractivity contribution in [3.8, 4) is 28.7 Å². The van der Waals surface area contributed by atoms with Crippen molar-refractivity contribution in [2.24, 2.45) is 29.6 Å². The summed E-state index contributed by atoms with van der Waals surface area (Å²) in [7, 11) is 10.8. The molecule has 5 aliphatic heterocycles. The topological polar surface area (TPSA) is 163 Å². The predicted octanol–water partition coefficient (Wildman–Crippen LogP) is 7.19. The minimum absolute atomic E-state index is 0. The van der Waals surface area contributed by atoms with Crippen LogP contribution in [0.3, 0.4) is 0 Å². The molecule has 5 fully saturated rings. The summed E-state index contributed by atoms with van der Waals surface area (Å²) >= 11 is 0. The normalized spacial score (nSPS) is 27.2. The van der Waals surface area contributed by atoms with Gasteiger partial charge in [0, 0.05) is 67.0 Å². The van der Waals surface area contributed by atoms with Gasteiger partial charge in [-0.2, -0.15) is 0 Å². The number of fused-ring (bicyclic) bond motifs is 10. The molecule has 15 nitrogen and oxygen atoms in total. The van der Waals surface area contributed by atoms with Crippen molar-refractivity contribution in [1.29, 1.82) is 0 Å². The number of methoxy groups -OCH3 is 7. The van der Waals surface area contributed by atoms with Crippen molar-refractivity contribution in [3.63, 3.8) is 0 Å². The minimum Gasteiger partial charge on any atom is -1.00 e. The van der Waals surface area contributed by atoms with Gasteiger partial charge in [-0.1, -0.05) is 6.08 Å². The molecule has 3 aromatic carbocycles. The quantitative estimate of drug-likeness (QED) is 0.0734. The Morgan fingerprint density at radius 1 is 0.841 bits per heavy atom. The number of hydrogen-bond donors (Lipinski definition) is 2. The standard InChI is InChI=1S/C33H40N2O9.C20H24N2O2.Ca.2H/c1-38-19-7-8-20-21-9-10-35-16-18-13-27(44-32(36)17-11-25(39-2)30(41-4)26(12-17)40-3)31(42-5)28(33(37)43-6)22(18)15-24(35)29(21)34-23(20)14-19;1-3-13-12-22-9-7-14(13)10-19(22)20(23)16-6-8-21-18-5-4-15(24-2)11-17(16)18;;;/h7-8,11-12,14,18,22,24,27-28,31,34H,9-10,13,15-16H2,1-6H3;3-6,8,11,13-14,19-20,23H,1,7,9-10,12H2,2H3;;;/q;;+2;2*-1/t18-,22+,24-,27-,28+,31+;13-,14-,19-,20+;;;/m10.../s1. The summed E-state index contributed by atoms with van der Waals surface area (Å²) in [5, 5.41) is 13.3. The SMILES string of the molecule is C=C[C@H]1CN2CC[C@H]1C[C@H]2[C@H](O)c1ccnc2ccc(OC)cc12.COC(=O)[C@H]1[C@H]2C[C@@H]3c4[nH]c5cc(OC)ccc5c4CCN3C[C@H]2C[C@@H](OC(=O)c2cc(OC)c(OC)c(OC)c2)[C@@H]1OC.[Ca+2].[H-].[H-]. The van der Waals surface area contributed by atoms with Crippen molar-refractivity contribution in [1.82, 2.24) is 19.8 Å². The van der Waals surface area contributed by atoms with Crippen molar-refractivity contribution in [2.45, 2.75) is 62.5 Å². The van der Waals surface area contributed by atoms with Crippen LogP contribution in [0.2, 0.25) is 0 Å². The van der Waals surface area contributed by atoms with Gasteiger partial charge in [-0.3, -0.25) is 19.6 Å². The molecule has 2 N–H and O–H groups in total. The second kappa shape index (κ2) is 21.8. The Balaban J connectivity index is 0.000000259. The Morgan fingerprint density at radius 3 is 2.23 bits per heavy atom. The molecule has 0 radical (unpaired) electrons. The van der Waals surface area contributed by atoms with Crippen LogP contribution in [-0.2, 0) is 25.4 Å². The molecule has 16 heteroatoms. The van der Waals surface area contributed by atoms with Gasteiger partial charge in [-0.25, -0.2) is 4.79 Å². The van der Waals surface area contributed by atoms with E-state index in [0.717, 1.165) is 78.9 Å².